The predicted molar refractivity (Wildman–Crippen MR) is 260 cm³/mol. The van der Waals surface area contributed by atoms with Crippen LogP contribution in [0.25, 0.3) is 22.3 Å². The predicted octanol–water partition coefficient (Wildman–Crippen LogP) is -2.89. The molecule has 0 saturated carbocycles. The molecule has 0 spiro atoms. The Morgan fingerprint density at radius 1 is 0.557 bits per heavy atom. The van der Waals surface area contributed by atoms with Gasteiger partial charge in [-0.1, -0.05) is 0 Å². The number of hydrogen-bond acceptors (Lipinski definition) is 29. The molecule has 6 aromatic rings. The molecule has 79 heavy (non-hydrogen) atoms. The molecule has 428 valence electrons. The second-order valence-electron chi connectivity index (χ2n) is 18.1. The van der Waals surface area contributed by atoms with Crippen molar-refractivity contribution in [3.05, 3.63) is 78.9 Å². The summed E-state index contributed by atoms with van der Waals surface area (Å²) >= 11 is 0. The zero-order valence-corrected chi connectivity index (χ0v) is 43.0. The van der Waals surface area contributed by atoms with Gasteiger partial charge in [0.25, 0.3) is 11.1 Å². The number of aliphatic hydroxyl groups is 2. The molecule has 4 aliphatic rings. The molecule has 0 amide bonds. The largest absolute Gasteiger partial charge is 0.472 e. The van der Waals surface area contributed by atoms with Crippen LogP contribution in [0.5, 0.6) is 0 Å². The Hall–Kier alpha value is -6.25. The quantitative estimate of drug-likeness (QED) is 0.0342. The van der Waals surface area contributed by atoms with Gasteiger partial charge < -0.3 is 66.8 Å². The number of phosphoric ester groups is 3. The number of rotatable bonds is 20. The van der Waals surface area contributed by atoms with E-state index in [-0.39, 0.29) is 65.1 Å². The number of H-pyrrole nitrogens is 2. The fourth-order valence-corrected chi connectivity index (χ4v) is 12.0. The highest BCUT2D eigenvalue weighted by Crippen LogP contribution is 2.54. The molecule has 0 radical (unpaired) electrons. The normalized spacial score (nSPS) is 29.5. The van der Waals surface area contributed by atoms with Gasteiger partial charge >= 0.3 is 34.8 Å². The number of ether oxygens (including phenoxy) is 4. The van der Waals surface area contributed by atoms with Crippen LogP contribution < -0.4 is 45.4 Å². The number of anilines is 4. The van der Waals surface area contributed by atoms with E-state index in [2.05, 4.69) is 39.9 Å². The van der Waals surface area contributed by atoms with Crippen LogP contribution in [-0.2, 0) is 59.8 Å². The van der Waals surface area contributed by atoms with Crippen LogP contribution in [0, 0.1) is 0 Å². The summed E-state index contributed by atoms with van der Waals surface area (Å²) in [7, 11) is -15.8. The molecule has 41 heteroatoms. The van der Waals surface area contributed by atoms with Gasteiger partial charge in [0.05, 0.1) is 45.2 Å². The van der Waals surface area contributed by atoms with E-state index in [1.807, 2.05) is 0 Å². The van der Waals surface area contributed by atoms with Gasteiger partial charge in [0, 0.05) is 38.1 Å². The van der Waals surface area contributed by atoms with Crippen molar-refractivity contribution in [3.63, 3.8) is 0 Å². The van der Waals surface area contributed by atoms with E-state index in [1.54, 1.807) is 0 Å². The number of hydrogen-bond donors (Lipinski definition) is 11. The lowest BCUT2D eigenvalue weighted by molar-refractivity contribution is -0.0630. The molecule has 0 bridgehead atoms. The Bertz CT molecular complexity index is 3650. The highest BCUT2D eigenvalue weighted by molar-refractivity contribution is 7.48. The van der Waals surface area contributed by atoms with E-state index < -0.39 is 153 Å². The van der Waals surface area contributed by atoms with E-state index in [0.717, 1.165) is 15.5 Å². The Morgan fingerprint density at radius 2 is 0.924 bits per heavy atom. The van der Waals surface area contributed by atoms with Crippen molar-refractivity contribution in [2.45, 2.75) is 99.4 Å². The zero-order valence-electron chi connectivity index (χ0n) is 40.3. The van der Waals surface area contributed by atoms with Gasteiger partial charge in [-0.25, -0.2) is 33.3 Å². The summed E-state index contributed by atoms with van der Waals surface area (Å²) < 4.78 is 102. The zero-order chi connectivity index (χ0) is 56.3. The number of nitrogens with one attached hydrogen (secondary N) is 2. The average molecular weight is 1170 g/mol. The van der Waals surface area contributed by atoms with E-state index in [1.165, 1.54) is 40.0 Å². The monoisotopic (exact) mass is 1170 g/mol. The minimum Gasteiger partial charge on any atom is -0.394 e. The van der Waals surface area contributed by atoms with Gasteiger partial charge in [0.1, 0.15) is 79.3 Å². The van der Waals surface area contributed by atoms with Crippen molar-refractivity contribution in [2.75, 3.05) is 49.4 Å². The Morgan fingerprint density at radius 3 is 1.34 bits per heavy atom. The molecule has 10 rings (SSSR count). The highest BCUT2D eigenvalue weighted by atomic mass is 31.2. The van der Waals surface area contributed by atoms with Gasteiger partial charge in [-0.15, -0.1) is 0 Å². The second kappa shape index (κ2) is 22.0. The Balaban J connectivity index is 0.829. The second-order valence-corrected chi connectivity index (χ2v) is 22.3. The molecule has 0 aromatic carbocycles. The molecule has 4 aliphatic heterocycles. The van der Waals surface area contributed by atoms with E-state index >= 15 is 0 Å². The number of nitrogens with two attached hydrogens (primary N) is 4. The number of nitrogen functional groups attached to an aromatic ring is 4. The molecule has 38 nitrogen and oxygen atoms in total. The topological polar surface area (TPSA) is 546 Å². The maximum atomic E-state index is 13.9. The Labute approximate surface area is 438 Å². The van der Waals surface area contributed by atoms with Crippen LogP contribution in [-0.4, -0.2) is 158 Å². The fraction of sp³-hybridized carbons (Fsp3) is 0.526. The van der Waals surface area contributed by atoms with Gasteiger partial charge in [0.2, 0.25) is 11.9 Å². The van der Waals surface area contributed by atoms with Crippen molar-refractivity contribution >= 4 is 69.3 Å². The first-order valence-corrected chi connectivity index (χ1v) is 27.9. The molecule has 4 fully saturated rings. The lowest BCUT2D eigenvalue weighted by atomic mass is 10.2. The molecule has 15 atom stereocenters. The number of phosphoric acid groups is 3. The molecule has 15 N–H and O–H groups in total. The van der Waals surface area contributed by atoms with Crippen LogP contribution >= 0.6 is 23.5 Å². The summed E-state index contributed by atoms with van der Waals surface area (Å²) in [6, 6.07) is 2.57. The van der Waals surface area contributed by atoms with Crippen molar-refractivity contribution in [1.82, 2.24) is 58.1 Å². The van der Waals surface area contributed by atoms with Crippen molar-refractivity contribution < 1.29 is 84.7 Å². The number of imidazole rings is 2. The van der Waals surface area contributed by atoms with Crippen molar-refractivity contribution in [1.29, 1.82) is 0 Å². The first-order chi connectivity index (χ1) is 37.4. The van der Waals surface area contributed by atoms with Crippen molar-refractivity contribution in [2.24, 2.45) is 0 Å². The van der Waals surface area contributed by atoms with Gasteiger partial charge in [-0.05, 0) is 12.1 Å². The third-order valence-electron chi connectivity index (χ3n) is 12.8. The standard InChI is InChI=1S/C38H49N16O22P3/c39-23-1-3-51(37(59)45-23)25-5-15(56)20(71-25)10-67-77(61,62)76-18-8-28(54-14-44-30-32(54)48-36(42)50-34(30)58)73-22(18)12-69-79(65,66)75-17-7-26(52-4-2-24(40)46-38(52)60)72-21(17)11-68-78(63,64)74-16-6-27(70-19(16)9-55)53-13-43-29-31(53)47-35(41)49-33(29)57/h1-4,13-22,25-28,55-56H,5-12H2,(H,61,62)(H,63,64)(H,65,66)(H2,39,45,59)(H2,40,46,60)(H3,41,47,49,57)(H3,42,48,50,58)/t15-,16-,17-,18-,19+,20+,21+,22+,25+,26+,27+,28+/m0/s1. The van der Waals surface area contributed by atoms with Crippen LogP contribution in [0.15, 0.2) is 56.4 Å². The molecule has 0 aliphatic carbocycles. The first kappa shape index (κ1) is 56.0. The molecule has 10 heterocycles. The van der Waals surface area contributed by atoms with E-state index in [9.17, 15) is 57.8 Å². The number of nitrogens with zero attached hydrogens (tertiary/aromatic N) is 10. The summed E-state index contributed by atoms with van der Waals surface area (Å²) in [4.78, 5) is 112. The smallest absolute Gasteiger partial charge is 0.394 e. The maximum Gasteiger partial charge on any atom is 0.472 e. The van der Waals surface area contributed by atoms with Crippen LogP contribution in [0.3, 0.4) is 0 Å². The third-order valence-corrected chi connectivity index (χ3v) is 15.8. The fourth-order valence-electron chi connectivity index (χ4n) is 9.15. The number of aromatic nitrogens is 12. The van der Waals surface area contributed by atoms with Crippen LogP contribution in [0.1, 0.15) is 50.6 Å². The highest BCUT2D eigenvalue weighted by Gasteiger charge is 2.48. The van der Waals surface area contributed by atoms with Gasteiger partial charge in [-0.2, -0.15) is 19.9 Å². The number of aromatic amines is 2. The summed E-state index contributed by atoms with van der Waals surface area (Å²) in [5.74, 6) is -0.764. The van der Waals surface area contributed by atoms with Crippen LogP contribution in [0.2, 0.25) is 0 Å². The molecule has 3 unspecified atom stereocenters. The summed E-state index contributed by atoms with van der Waals surface area (Å²) in [6.45, 7) is -3.37. The van der Waals surface area contributed by atoms with Crippen molar-refractivity contribution in [3.8, 4) is 0 Å². The van der Waals surface area contributed by atoms with Gasteiger partial charge in [0.15, 0.2) is 22.3 Å². The number of aliphatic hydroxyl groups excluding tert-OH is 2. The molecule has 4 saturated heterocycles. The summed E-state index contributed by atoms with van der Waals surface area (Å²) in [6.07, 6.45) is -12.5. The Kier molecular flexibility index (Phi) is 15.6. The van der Waals surface area contributed by atoms with Gasteiger partial charge in [-0.3, -0.25) is 65.0 Å². The third kappa shape index (κ3) is 12.3. The lowest BCUT2D eigenvalue weighted by Gasteiger charge is -2.25. The summed E-state index contributed by atoms with van der Waals surface area (Å²) in [5.41, 5.74) is 19.3. The first-order valence-electron chi connectivity index (χ1n) is 23.4. The maximum absolute atomic E-state index is 13.9. The van der Waals surface area contributed by atoms with Crippen LogP contribution in [0.4, 0.5) is 23.5 Å². The minimum atomic E-state index is -5.39. The molecule has 6 aromatic heterocycles. The average Bonchev–Trinajstić information content (AvgIpc) is 4.44. The molecular formula is C38H49N16O22P3. The summed E-state index contributed by atoms with van der Waals surface area (Å²) in [5, 5.41) is 20.8. The lowest BCUT2D eigenvalue weighted by Crippen LogP contribution is -2.31. The van der Waals surface area contributed by atoms with E-state index in [4.69, 9.17) is 69.0 Å². The number of fused-ring (bicyclic) bond motifs is 2. The SMILES string of the molecule is Nc1ccn([C@H]2C[C@H](OP(=O)(O)OC[C@H]3O[C@@H](n4cnc5c(=O)[nH]c(N)nc54)C[C@@H]3OP(=O)(O)OC[C@H]3O[C@@H](n4ccc(N)nc4=O)C[C@@H]3O)[C@@H](COP(=O)(O)O[C@H]3C[C@H](n4cnc5c(=O)[nH]c(N)nc54)O[C@@H]3CO)O2)c(=O)n1. The minimum absolute atomic E-state index is 0.00423. The molecular weight excluding hydrogens is 1130 g/mol. The van der Waals surface area contributed by atoms with E-state index in [0.29, 0.717) is 0 Å².